The summed E-state index contributed by atoms with van der Waals surface area (Å²) in [5, 5.41) is 19.1. The summed E-state index contributed by atoms with van der Waals surface area (Å²) in [6.07, 6.45) is 4.16. The molecular formula is C33H46N4O2. The minimum Gasteiger partial charge on any atom is -0.507 e. The molecule has 1 saturated carbocycles. The minimum absolute atomic E-state index is 0.0450. The van der Waals surface area contributed by atoms with Crippen LogP contribution < -0.4 is 15.5 Å². The summed E-state index contributed by atoms with van der Waals surface area (Å²) in [5.41, 5.74) is 4.46. The molecule has 0 bridgehead atoms. The Morgan fingerprint density at radius 1 is 0.923 bits per heavy atom. The van der Waals surface area contributed by atoms with E-state index in [9.17, 15) is 9.90 Å². The monoisotopic (exact) mass is 530 g/mol. The van der Waals surface area contributed by atoms with E-state index in [2.05, 4.69) is 89.4 Å². The first-order chi connectivity index (χ1) is 18.2. The van der Waals surface area contributed by atoms with Crippen molar-refractivity contribution in [3.05, 3.63) is 59.2 Å². The van der Waals surface area contributed by atoms with E-state index in [0.717, 1.165) is 64.8 Å². The SMILES string of the molecule is CN(C)c1cc(N[C@H]2CC[C@@H](NC(=O)Cc3cc(C(C)(C)C)c(O)c(C(C)(C)C)c3)CC2)nc2ccccc12. The normalized spacial score (nSPS) is 18.2. The molecule has 0 unspecified atom stereocenters. The van der Waals surface area contributed by atoms with Gasteiger partial charge < -0.3 is 20.6 Å². The van der Waals surface area contributed by atoms with Crippen LogP contribution in [0.25, 0.3) is 10.9 Å². The molecule has 1 aromatic heterocycles. The predicted molar refractivity (Wildman–Crippen MR) is 163 cm³/mol. The number of rotatable bonds is 6. The van der Waals surface area contributed by atoms with Crippen molar-refractivity contribution in [3.63, 3.8) is 0 Å². The Kier molecular flexibility index (Phi) is 8.15. The van der Waals surface area contributed by atoms with Gasteiger partial charge in [0.15, 0.2) is 0 Å². The number of nitrogens with zero attached hydrogens (tertiary/aromatic N) is 2. The zero-order valence-electron chi connectivity index (χ0n) is 25.0. The fraction of sp³-hybridized carbons (Fsp3) is 0.515. The Labute approximate surface area is 234 Å². The summed E-state index contributed by atoms with van der Waals surface area (Å²) >= 11 is 0. The van der Waals surface area contributed by atoms with Crippen LogP contribution in [0.2, 0.25) is 0 Å². The molecule has 0 spiro atoms. The predicted octanol–water partition coefficient (Wildman–Crippen LogP) is 6.68. The van der Waals surface area contributed by atoms with Gasteiger partial charge in [-0.15, -0.1) is 0 Å². The number of amides is 1. The lowest BCUT2D eigenvalue weighted by molar-refractivity contribution is -0.121. The highest BCUT2D eigenvalue weighted by Crippen LogP contribution is 2.40. The Balaban J connectivity index is 1.38. The van der Waals surface area contributed by atoms with Gasteiger partial charge in [0.1, 0.15) is 11.6 Å². The van der Waals surface area contributed by atoms with Crippen molar-refractivity contribution in [2.45, 2.75) is 96.6 Å². The zero-order valence-corrected chi connectivity index (χ0v) is 25.0. The van der Waals surface area contributed by atoms with E-state index in [0.29, 0.717) is 18.2 Å². The van der Waals surface area contributed by atoms with Gasteiger partial charge in [0, 0.05) is 43.3 Å². The van der Waals surface area contributed by atoms with Gasteiger partial charge >= 0.3 is 0 Å². The first kappa shape index (κ1) is 28.7. The molecule has 1 aliphatic rings. The second kappa shape index (κ2) is 11.1. The van der Waals surface area contributed by atoms with Crippen LogP contribution in [0.15, 0.2) is 42.5 Å². The molecule has 39 heavy (non-hydrogen) atoms. The van der Waals surface area contributed by atoms with Crippen LogP contribution in [0, 0.1) is 0 Å². The van der Waals surface area contributed by atoms with Crippen molar-refractivity contribution >= 4 is 28.3 Å². The van der Waals surface area contributed by atoms with Crippen LogP contribution in [0.1, 0.15) is 83.9 Å². The summed E-state index contributed by atoms with van der Waals surface area (Å²) in [7, 11) is 4.12. The van der Waals surface area contributed by atoms with E-state index >= 15 is 0 Å². The number of hydrogen-bond donors (Lipinski definition) is 3. The maximum atomic E-state index is 13.1. The first-order valence-corrected chi connectivity index (χ1v) is 14.2. The van der Waals surface area contributed by atoms with E-state index in [1.165, 1.54) is 0 Å². The second-order valence-corrected chi connectivity index (χ2v) is 13.4. The molecule has 1 fully saturated rings. The third-order valence-electron chi connectivity index (χ3n) is 7.77. The number of para-hydroxylation sites is 1. The number of pyridine rings is 1. The number of benzene rings is 2. The van der Waals surface area contributed by atoms with E-state index in [1.54, 1.807) is 0 Å². The van der Waals surface area contributed by atoms with Crippen LogP contribution in [0.5, 0.6) is 5.75 Å². The molecule has 210 valence electrons. The number of nitrogens with one attached hydrogen (secondary N) is 2. The largest absolute Gasteiger partial charge is 0.507 e. The second-order valence-electron chi connectivity index (χ2n) is 13.4. The topological polar surface area (TPSA) is 77.5 Å². The molecule has 1 aliphatic carbocycles. The maximum absolute atomic E-state index is 13.1. The molecule has 0 aliphatic heterocycles. The quantitative estimate of drug-likeness (QED) is 0.331. The van der Waals surface area contributed by atoms with E-state index in [1.807, 2.05) is 24.3 Å². The minimum atomic E-state index is -0.213. The number of phenols is 1. The number of phenolic OH excluding ortho intramolecular Hbond substituents is 1. The van der Waals surface area contributed by atoms with Crippen LogP contribution in [0.4, 0.5) is 11.5 Å². The van der Waals surface area contributed by atoms with Crippen molar-refractivity contribution in [1.82, 2.24) is 10.3 Å². The molecule has 6 nitrogen and oxygen atoms in total. The molecule has 6 heteroatoms. The number of fused-ring (bicyclic) bond motifs is 1. The van der Waals surface area contributed by atoms with Crippen molar-refractivity contribution < 1.29 is 9.90 Å². The Morgan fingerprint density at radius 2 is 1.49 bits per heavy atom. The number of aromatic hydroxyl groups is 1. The molecule has 0 saturated heterocycles. The van der Waals surface area contributed by atoms with Gasteiger partial charge in [-0.25, -0.2) is 4.98 Å². The molecular weight excluding hydrogens is 484 g/mol. The van der Waals surface area contributed by atoms with Gasteiger partial charge in [0.05, 0.1) is 11.9 Å². The van der Waals surface area contributed by atoms with Gasteiger partial charge in [0.2, 0.25) is 5.91 Å². The zero-order chi connectivity index (χ0) is 28.5. The van der Waals surface area contributed by atoms with Gasteiger partial charge in [-0.2, -0.15) is 0 Å². The number of hydrogen-bond acceptors (Lipinski definition) is 5. The summed E-state index contributed by atoms with van der Waals surface area (Å²) in [4.78, 5) is 20.1. The lowest BCUT2D eigenvalue weighted by Gasteiger charge is -2.31. The van der Waals surface area contributed by atoms with Crippen molar-refractivity contribution in [1.29, 1.82) is 0 Å². The van der Waals surface area contributed by atoms with E-state index in [4.69, 9.17) is 4.98 Å². The standard InChI is InChI=1S/C33H46N4O2/c1-32(2,3)25-17-21(18-26(31(25)39)33(4,5)6)19-30(38)35-23-15-13-22(14-16-23)34-29-20-28(37(7)8)24-11-9-10-12-27(24)36-29/h9-12,17-18,20,22-23,39H,13-16,19H2,1-8H3,(H,34,36)(H,35,38)/t22-,23+. The first-order valence-electron chi connectivity index (χ1n) is 14.2. The van der Waals surface area contributed by atoms with Crippen molar-refractivity contribution in [2.75, 3.05) is 24.3 Å². The van der Waals surface area contributed by atoms with Crippen LogP contribution in [-0.2, 0) is 22.0 Å². The highest BCUT2D eigenvalue weighted by molar-refractivity contribution is 5.93. The van der Waals surface area contributed by atoms with E-state index in [-0.39, 0.29) is 22.8 Å². The van der Waals surface area contributed by atoms with Gasteiger partial charge in [0.25, 0.3) is 0 Å². The van der Waals surface area contributed by atoms with Gasteiger partial charge in [-0.05, 0) is 59.3 Å². The molecule has 3 N–H and O–H groups in total. The number of carbonyl (C=O) groups is 1. The lowest BCUT2D eigenvalue weighted by atomic mass is 9.78. The summed E-state index contributed by atoms with van der Waals surface area (Å²) in [6, 6.07) is 14.9. The van der Waals surface area contributed by atoms with Crippen molar-refractivity contribution in [2.24, 2.45) is 0 Å². The molecule has 4 rings (SSSR count). The number of carbonyl (C=O) groups excluding carboxylic acids is 1. The molecule has 1 heterocycles. The van der Waals surface area contributed by atoms with Crippen LogP contribution in [-0.4, -0.2) is 42.2 Å². The molecule has 0 atom stereocenters. The Bertz CT molecular complexity index is 1290. The molecule has 1 amide bonds. The highest BCUT2D eigenvalue weighted by atomic mass is 16.3. The lowest BCUT2D eigenvalue weighted by Crippen LogP contribution is -2.40. The fourth-order valence-electron chi connectivity index (χ4n) is 5.60. The average molecular weight is 531 g/mol. The molecule has 2 aromatic carbocycles. The smallest absolute Gasteiger partial charge is 0.224 e. The fourth-order valence-corrected chi connectivity index (χ4v) is 5.60. The Morgan fingerprint density at radius 3 is 2.05 bits per heavy atom. The third-order valence-corrected chi connectivity index (χ3v) is 7.77. The highest BCUT2D eigenvalue weighted by Gasteiger charge is 2.28. The molecule has 0 radical (unpaired) electrons. The van der Waals surface area contributed by atoms with Gasteiger partial charge in [-0.3, -0.25) is 4.79 Å². The van der Waals surface area contributed by atoms with Crippen LogP contribution in [0.3, 0.4) is 0 Å². The van der Waals surface area contributed by atoms with Crippen molar-refractivity contribution in [3.8, 4) is 5.75 Å². The summed E-state index contributed by atoms with van der Waals surface area (Å²) in [5.74, 6) is 1.30. The van der Waals surface area contributed by atoms with Crippen LogP contribution >= 0.6 is 0 Å². The van der Waals surface area contributed by atoms with Gasteiger partial charge in [-0.1, -0.05) is 71.9 Å². The number of aromatic nitrogens is 1. The van der Waals surface area contributed by atoms with E-state index < -0.39 is 0 Å². The summed E-state index contributed by atoms with van der Waals surface area (Å²) in [6.45, 7) is 12.6. The third kappa shape index (κ3) is 6.84. The molecule has 3 aromatic rings. The Hall–Kier alpha value is -3.28. The average Bonchev–Trinajstić information content (AvgIpc) is 2.84. The maximum Gasteiger partial charge on any atom is 0.224 e. The number of anilines is 2. The summed E-state index contributed by atoms with van der Waals surface area (Å²) < 4.78 is 0.